The van der Waals surface area contributed by atoms with Crippen molar-refractivity contribution in [1.29, 1.82) is 0 Å². The molecule has 1 aromatic rings. The maximum absolute atomic E-state index is 5.62. The van der Waals surface area contributed by atoms with Gasteiger partial charge < -0.3 is 10.1 Å². The summed E-state index contributed by atoms with van der Waals surface area (Å²) in [4.78, 5) is 2.53. The van der Waals surface area contributed by atoms with Crippen molar-refractivity contribution in [2.24, 2.45) is 5.92 Å². The normalized spacial score (nSPS) is 25.0. The van der Waals surface area contributed by atoms with Crippen molar-refractivity contribution < 1.29 is 4.74 Å². The minimum absolute atomic E-state index is 0.374. The Kier molecular flexibility index (Phi) is 6.22. The zero-order valence-electron chi connectivity index (χ0n) is 13.9. The molecule has 118 valence electrons. The van der Waals surface area contributed by atoms with Crippen LogP contribution in [0.3, 0.4) is 0 Å². The number of nitrogens with one attached hydrogen (secondary N) is 1. The van der Waals surface area contributed by atoms with Crippen molar-refractivity contribution >= 4 is 0 Å². The summed E-state index contributed by atoms with van der Waals surface area (Å²) in [7, 11) is 3.89. The lowest BCUT2D eigenvalue weighted by atomic mass is 9.95. The van der Waals surface area contributed by atoms with Gasteiger partial charge in [-0.25, -0.2) is 0 Å². The number of likely N-dealkylation sites (N-methyl/N-ethyl adjacent to an activating group) is 1. The summed E-state index contributed by atoms with van der Waals surface area (Å²) in [5.41, 5.74) is 2.78. The molecule has 1 aromatic carbocycles. The van der Waals surface area contributed by atoms with Gasteiger partial charge in [0.05, 0.1) is 6.10 Å². The van der Waals surface area contributed by atoms with Gasteiger partial charge in [0.2, 0.25) is 0 Å². The van der Waals surface area contributed by atoms with E-state index in [0.717, 1.165) is 19.5 Å². The lowest BCUT2D eigenvalue weighted by Crippen LogP contribution is -2.46. The highest BCUT2D eigenvalue weighted by Crippen LogP contribution is 2.22. The Morgan fingerprint density at radius 2 is 2.05 bits per heavy atom. The fourth-order valence-corrected chi connectivity index (χ4v) is 3.18. The summed E-state index contributed by atoms with van der Waals surface area (Å²) in [6.07, 6.45) is 2.70. The first-order chi connectivity index (χ1) is 10.2. The Hall–Kier alpha value is -0.900. The zero-order chi connectivity index (χ0) is 15.2. The molecule has 21 heavy (non-hydrogen) atoms. The third kappa shape index (κ3) is 4.29. The lowest BCUT2D eigenvalue weighted by molar-refractivity contribution is -0.00729. The van der Waals surface area contributed by atoms with E-state index in [-0.39, 0.29) is 0 Å². The van der Waals surface area contributed by atoms with Crippen LogP contribution < -0.4 is 5.32 Å². The number of benzene rings is 1. The molecule has 1 fully saturated rings. The van der Waals surface area contributed by atoms with Gasteiger partial charge in [-0.15, -0.1) is 0 Å². The second-order valence-electron chi connectivity index (χ2n) is 6.24. The van der Waals surface area contributed by atoms with Gasteiger partial charge in [-0.3, -0.25) is 4.90 Å². The van der Waals surface area contributed by atoms with E-state index < -0.39 is 0 Å². The van der Waals surface area contributed by atoms with E-state index in [1.54, 1.807) is 0 Å². The molecule has 0 aliphatic carbocycles. The van der Waals surface area contributed by atoms with Crippen LogP contribution in [0.4, 0.5) is 0 Å². The summed E-state index contributed by atoms with van der Waals surface area (Å²) >= 11 is 0. The average Bonchev–Trinajstić information content (AvgIpc) is 2.54. The average molecular weight is 290 g/mol. The van der Waals surface area contributed by atoms with Gasteiger partial charge in [0, 0.05) is 26.2 Å². The Morgan fingerprint density at radius 3 is 2.62 bits per heavy atom. The van der Waals surface area contributed by atoms with Gasteiger partial charge in [0.1, 0.15) is 0 Å². The van der Waals surface area contributed by atoms with E-state index in [1.807, 2.05) is 7.11 Å². The molecule has 3 atom stereocenters. The van der Waals surface area contributed by atoms with Gasteiger partial charge in [-0.1, -0.05) is 38.1 Å². The number of ether oxygens (including phenoxy) is 1. The zero-order valence-corrected chi connectivity index (χ0v) is 13.9. The first-order valence-electron chi connectivity index (χ1n) is 8.19. The van der Waals surface area contributed by atoms with Crippen LogP contribution in [0.25, 0.3) is 0 Å². The number of nitrogens with zero attached hydrogens (tertiary/aromatic N) is 1. The van der Waals surface area contributed by atoms with Gasteiger partial charge in [-0.05, 0) is 43.5 Å². The molecule has 0 bridgehead atoms. The Labute approximate surface area is 129 Å². The first kappa shape index (κ1) is 16.5. The van der Waals surface area contributed by atoms with E-state index >= 15 is 0 Å². The largest absolute Gasteiger partial charge is 0.380 e. The molecule has 3 unspecified atom stereocenters. The Balaban J connectivity index is 1.98. The molecule has 0 amide bonds. The number of aryl methyl sites for hydroxylation is 1. The standard InChI is InChI=1S/C18H30N2O/c1-5-15-6-8-16(9-7-15)17(19-3)12-20-11-10-14(2)18(13-20)21-4/h6-9,14,17-19H,5,10-13H2,1-4H3. The van der Waals surface area contributed by atoms with E-state index in [4.69, 9.17) is 4.74 Å². The molecule has 3 nitrogen and oxygen atoms in total. The molecule has 0 spiro atoms. The van der Waals surface area contributed by atoms with Gasteiger partial charge >= 0.3 is 0 Å². The monoisotopic (exact) mass is 290 g/mol. The molecule has 1 aliphatic heterocycles. The summed E-state index contributed by atoms with van der Waals surface area (Å²) in [5, 5.41) is 3.46. The van der Waals surface area contributed by atoms with Crippen LogP contribution in [0, 0.1) is 5.92 Å². The highest BCUT2D eigenvalue weighted by atomic mass is 16.5. The SMILES string of the molecule is CCc1ccc(C(CN2CCC(C)C(OC)C2)NC)cc1. The van der Waals surface area contributed by atoms with Crippen LogP contribution in [0.15, 0.2) is 24.3 Å². The molecule has 0 saturated carbocycles. The summed E-state index contributed by atoms with van der Waals surface area (Å²) < 4.78 is 5.62. The molecule has 1 N–H and O–H groups in total. The Bertz CT molecular complexity index is 418. The summed E-state index contributed by atoms with van der Waals surface area (Å²) in [5.74, 6) is 0.670. The fraction of sp³-hybridized carbons (Fsp3) is 0.667. The molecular formula is C18H30N2O. The smallest absolute Gasteiger partial charge is 0.0724 e. The number of piperidine rings is 1. The lowest BCUT2D eigenvalue weighted by Gasteiger charge is -2.38. The molecule has 0 radical (unpaired) electrons. The minimum atomic E-state index is 0.374. The van der Waals surface area contributed by atoms with Crippen LogP contribution in [0.5, 0.6) is 0 Å². The van der Waals surface area contributed by atoms with Crippen molar-refractivity contribution in [3.63, 3.8) is 0 Å². The molecule has 1 aliphatic rings. The van der Waals surface area contributed by atoms with E-state index in [9.17, 15) is 0 Å². The van der Waals surface area contributed by atoms with Crippen LogP contribution in [-0.4, -0.2) is 44.8 Å². The highest BCUT2D eigenvalue weighted by Gasteiger charge is 2.27. The Morgan fingerprint density at radius 1 is 1.33 bits per heavy atom. The first-order valence-corrected chi connectivity index (χ1v) is 8.19. The van der Waals surface area contributed by atoms with Gasteiger partial charge in [-0.2, -0.15) is 0 Å². The number of hydrogen-bond acceptors (Lipinski definition) is 3. The molecule has 1 saturated heterocycles. The second kappa shape index (κ2) is 7.92. The second-order valence-corrected chi connectivity index (χ2v) is 6.24. The third-order valence-corrected chi connectivity index (χ3v) is 4.86. The third-order valence-electron chi connectivity index (χ3n) is 4.86. The van der Waals surface area contributed by atoms with E-state index in [0.29, 0.717) is 18.1 Å². The van der Waals surface area contributed by atoms with Gasteiger partial charge in [0.25, 0.3) is 0 Å². The molecule has 3 heteroatoms. The van der Waals surface area contributed by atoms with Crippen molar-refractivity contribution in [3.05, 3.63) is 35.4 Å². The topological polar surface area (TPSA) is 24.5 Å². The molecule has 1 heterocycles. The molecular weight excluding hydrogens is 260 g/mol. The van der Waals surface area contributed by atoms with Crippen LogP contribution in [0.2, 0.25) is 0 Å². The van der Waals surface area contributed by atoms with E-state index in [2.05, 4.69) is 55.4 Å². The van der Waals surface area contributed by atoms with Crippen LogP contribution in [0.1, 0.15) is 37.4 Å². The number of hydrogen-bond donors (Lipinski definition) is 1. The summed E-state index contributed by atoms with van der Waals surface area (Å²) in [6, 6.07) is 9.41. The maximum Gasteiger partial charge on any atom is 0.0724 e. The predicted octanol–water partition coefficient (Wildman–Crippen LogP) is 2.87. The maximum atomic E-state index is 5.62. The summed E-state index contributed by atoms with van der Waals surface area (Å²) in [6.45, 7) is 7.76. The number of rotatable bonds is 6. The highest BCUT2D eigenvalue weighted by molar-refractivity contribution is 5.25. The molecule has 0 aromatic heterocycles. The number of methoxy groups -OCH3 is 1. The van der Waals surface area contributed by atoms with Crippen LogP contribution in [-0.2, 0) is 11.2 Å². The van der Waals surface area contributed by atoms with Crippen molar-refractivity contribution in [2.75, 3.05) is 33.8 Å². The predicted molar refractivity (Wildman–Crippen MR) is 88.6 cm³/mol. The van der Waals surface area contributed by atoms with Crippen molar-refractivity contribution in [3.8, 4) is 0 Å². The fourth-order valence-electron chi connectivity index (χ4n) is 3.18. The quantitative estimate of drug-likeness (QED) is 0.872. The van der Waals surface area contributed by atoms with Gasteiger partial charge in [0.15, 0.2) is 0 Å². The van der Waals surface area contributed by atoms with Crippen molar-refractivity contribution in [2.45, 2.75) is 38.8 Å². The van der Waals surface area contributed by atoms with Crippen LogP contribution >= 0.6 is 0 Å². The van der Waals surface area contributed by atoms with Crippen molar-refractivity contribution in [1.82, 2.24) is 10.2 Å². The molecule has 2 rings (SSSR count). The number of likely N-dealkylation sites (tertiary alicyclic amines) is 1. The minimum Gasteiger partial charge on any atom is -0.380 e. The van der Waals surface area contributed by atoms with E-state index in [1.165, 1.54) is 24.1 Å².